The van der Waals surface area contributed by atoms with Gasteiger partial charge in [-0.3, -0.25) is 4.79 Å². The quantitative estimate of drug-likeness (QED) is 0.509. The van der Waals surface area contributed by atoms with Crippen LogP contribution < -0.4 is 5.48 Å². The minimum Gasteiger partial charge on any atom is -0.341 e. The molecule has 0 atom stereocenters. The maximum atomic E-state index is 11.3. The molecule has 0 aromatic carbocycles. The van der Waals surface area contributed by atoms with Crippen LogP contribution in [-0.4, -0.2) is 11.9 Å². The van der Waals surface area contributed by atoms with E-state index in [4.69, 9.17) is 4.84 Å². The molecule has 0 bridgehead atoms. The summed E-state index contributed by atoms with van der Waals surface area (Å²) >= 11 is 0. The number of unbranched alkanes of at least 4 members (excludes halogenated alkanes) is 3. The van der Waals surface area contributed by atoms with Gasteiger partial charge in [-0.2, -0.15) is 5.48 Å². The van der Waals surface area contributed by atoms with Gasteiger partial charge >= 0.3 is 5.97 Å². The van der Waals surface area contributed by atoms with Crippen LogP contribution in [-0.2, 0) is 14.4 Å². The summed E-state index contributed by atoms with van der Waals surface area (Å²) in [6.07, 6.45) is 6.71. The van der Waals surface area contributed by atoms with E-state index in [1.54, 1.807) is 0 Å². The number of hydrogen-bond donors (Lipinski definition) is 1. The summed E-state index contributed by atoms with van der Waals surface area (Å²) in [6, 6.07) is 0. The van der Waals surface area contributed by atoms with Crippen LogP contribution in [0.5, 0.6) is 0 Å². The highest BCUT2D eigenvalue weighted by Gasteiger charge is 2.06. The second-order valence-corrected chi connectivity index (χ2v) is 5.10. The van der Waals surface area contributed by atoms with E-state index in [1.165, 1.54) is 0 Å². The third-order valence-corrected chi connectivity index (χ3v) is 2.70. The Bertz CT molecular complexity index is 239. The van der Waals surface area contributed by atoms with Crippen LogP contribution in [0.4, 0.5) is 0 Å². The van der Waals surface area contributed by atoms with Gasteiger partial charge in [-0.25, -0.2) is 4.79 Å². The zero-order valence-corrected chi connectivity index (χ0v) is 12.0. The maximum absolute atomic E-state index is 11.3. The zero-order chi connectivity index (χ0) is 13.8. The van der Waals surface area contributed by atoms with E-state index in [1.807, 2.05) is 0 Å². The Hall–Kier alpha value is -1.06. The van der Waals surface area contributed by atoms with E-state index in [0.29, 0.717) is 18.8 Å². The summed E-state index contributed by atoms with van der Waals surface area (Å²) in [5.74, 6) is 0.117. The van der Waals surface area contributed by atoms with Gasteiger partial charge < -0.3 is 4.84 Å². The molecule has 106 valence electrons. The first-order valence-corrected chi connectivity index (χ1v) is 7.04. The van der Waals surface area contributed by atoms with Crippen LogP contribution in [0.15, 0.2) is 0 Å². The van der Waals surface area contributed by atoms with Gasteiger partial charge in [0.1, 0.15) is 0 Å². The molecular weight excluding hydrogens is 230 g/mol. The lowest BCUT2D eigenvalue weighted by atomic mass is 10.1. The number of rotatable bonds is 9. The summed E-state index contributed by atoms with van der Waals surface area (Å²) in [4.78, 5) is 27.2. The lowest BCUT2D eigenvalue weighted by Gasteiger charge is -2.06. The average Bonchev–Trinajstić information content (AvgIpc) is 2.32. The van der Waals surface area contributed by atoms with Crippen LogP contribution in [0.2, 0.25) is 0 Å². The molecule has 0 rings (SSSR count). The number of nitrogens with one attached hydrogen (secondary N) is 1. The van der Waals surface area contributed by atoms with Gasteiger partial charge in [-0.15, -0.1) is 0 Å². The van der Waals surface area contributed by atoms with E-state index in [2.05, 4.69) is 26.3 Å². The average molecular weight is 257 g/mol. The first-order valence-electron chi connectivity index (χ1n) is 7.04. The molecule has 4 nitrogen and oxygen atoms in total. The number of carbonyl (C=O) groups is 2. The van der Waals surface area contributed by atoms with Crippen molar-refractivity contribution in [2.24, 2.45) is 5.92 Å². The molecule has 0 fully saturated rings. The fourth-order valence-electron chi connectivity index (χ4n) is 1.57. The van der Waals surface area contributed by atoms with Crippen molar-refractivity contribution in [3.8, 4) is 0 Å². The third kappa shape index (κ3) is 11.4. The normalized spacial score (nSPS) is 10.4. The van der Waals surface area contributed by atoms with Crippen LogP contribution >= 0.6 is 0 Å². The molecule has 0 aliphatic heterocycles. The van der Waals surface area contributed by atoms with Crippen molar-refractivity contribution in [2.75, 3.05) is 0 Å². The fourth-order valence-corrected chi connectivity index (χ4v) is 1.57. The summed E-state index contributed by atoms with van der Waals surface area (Å²) in [5, 5.41) is 0. The Morgan fingerprint density at radius 1 is 1.06 bits per heavy atom. The van der Waals surface area contributed by atoms with Crippen molar-refractivity contribution in [3.05, 3.63) is 0 Å². The van der Waals surface area contributed by atoms with E-state index >= 15 is 0 Å². The Labute approximate surface area is 110 Å². The van der Waals surface area contributed by atoms with Gasteiger partial charge in [0.2, 0.25) is 0 Å². The Morgan fingerprint density at radius 2 is 1.72 bits per heavy atom. The molecule has 0 aromatic heterocycles. The van der Waals surface area contributed by atoms with E-state index in [9.17, 15) is 9.59 Å². The second-order valence-electron chi connectivity index (χ2n) is 5.10. The molecule has 0 aliphatic carbocycles. The minimum absolute atomic E-state index is 0.206. The summed E-state index contributed by atoms with van der Waals surface area (Å²) in [6.45, 7) is 6.40. The molecule has 1 N–H and O–H groups in total. The van der Waals surface area contributed by atoms with Crippen LogP contribution in [0, 0.1) is 5.92 Å². The summed E-state index contributed by atoms with van der Waals surface area (Å²) in [5.41, 5.74) is 2.21. The first-order chi connectivity index (χ1) is 8.56. The van der Waals surface area contributed by atoms with Crippen LogP contribution in [0.25, 0.3) is 0 Å². The Morgan fingerprint density at radius 3 is 2.33 bits per heavy atom. The smallest absolute Gasteiger partial charge is 0.332 e. The van der Waals surface area contributed by atoms with Crippen LogP contribution in [0.1, 0.15) is 72.1 Å². The lowest BCUT2D eigenvalue weighted by Crippen LogP contribution is -2.26. The third-order valence-electron chi connectivity index (χ3n) is 2.70. The van der Waals surface area contributed by atoms with Crippen molar-refractivity contribution >= 4 is 11.9 Å². The SMILES string of the molecule is CCCCCC(=O)ONC(=O)CCCCC(C)C. The molecule has 4 heteroatoms. The summed E-state index contributed by atoms with van der Waals surface area (Å²) < 4.78 is 0. The highest BCUT2D eigenvalue weighted by molar-refractivity contribution is 5.77. The first kappa shape index (κ1) is 16.9. The molecule has 0 saturated carbocycles. The molecule has 1 amide bonds. The Kier molecular flexibility index (Phi) is 10.4. The fraction of sp³-hybridized carbons (Fsp3) is 0.857. The molecule has 0 spiro atoms. The highest BCUT2D eigenvalue weighted by atomic mass is 16.7. The maximum Gasteiger partial charge on any atom is 0.332 e. The van der Waals surface area contributed by atoms with Gasteiger partial charge in [0.05, 0.1) is 0 Å². The van der Waals surface area contributed by atoms with Crippen molar-refractivity contribution in [1.29, 1.82) is 0 Å². The van der Waals surface area contributed by atoms with Gasteiger partial charge in [-0.1, -0.05) is 46.5 Å². The standard InChI is InChI=1S/C14H27NO3/c1-4-5-6-11-14(17)18-15-13(16)10-8-7-9-12(2)3/h12H,4-11H2,1-3H3,(H,15,16). The van der Waals surface area contributed by atoms with E-state index in [0.717, 1.165) is 38.5 Å². The molecule has 0 radical (unpaired) electrons. The molecule has 0 aliphatic rings. The molecule has 0 aromatic rings. The number of amides is 1. The molecule has 0 unspecified atom stereocenters. The predicted molar refractivity (Wildman–Crippen MR) is 71.7 cm³/mol. The van der Waals surface area contributed by atoms with Crippen molar-refractivity contribution < 1.29 is 14.4 Å². The molecular formula is C14H27NO3. The number of carbonyl (C=O) groups excluding carboxylic acids is 2. The molecule has 0 saturated heterocycles. The van der Waals surface area contributed by atoms with E-state index in [-0.39, 0.29) is 11.9 Å². The van der Waals surface area contributed by atoms with Crippen LogP contribution in [0.3, 0.4) is 0 Å². The zero-order valence-electron chi connectivity index (χ0n) is 12.0. The van der Waals surface area contributed by atoms with Crippen molar-refractivity contribution in [3.63, 3.8) is 0 Å². The van der Waals surface area contributed by atoms with Gasteiger partial charge in [0.25, 0.3) is 5.91 Å². The number of hydroxylamine groups is 1. The second kappa shape index (κ2) is 11.1. The lowest BCUT2D eigenvalue weighted by molar-refractivity contribution is -0.158. The van der Waals surface area contributed by atoms with Gasteiger partial charge in [0, 0.05) is 12.8 Å². The van der Waals surface area contributed by atoms with Crippen molar-refractivity contribution in [2.45, 2.75) is 72.1 Å². The minimum atomic E-state index is -0.348. The Balaban J connectivity index is 3.43. The molecule has 0 heterocycles. The number of hydrogen-bond acceptors (Lipinski definition) is 3. The van der Waals surface area contributed by atoms with E-state index < -0.39 is 0 Å². The van der Waals surface area contributed by atoms with Crippen molar-refractivity contribution in [1.82, 2.24) is 5.48 Å². The molecule has 18 heavy (non-hydrogen) atoms. The monoisotopic (exact) mass is 257 g/mol. The van der Waals surface area contributed by atoms with Gasteiger partial charge in [-0.05, 0) is 18.8 Å². The van der Waals surface area contributed by atoms with Gasteiger partial charge in [0.15, 0.2) is 0 Å². The largest absolute Gasteiger partial charge is 0.341 e. The topological polar surface area (TPSA) is 55.4 Å². The predicted octanol–water partition coefficient (Wildman–Crippen LogP) is 3.36. The summed E-state index contributed by atoms with van der Waals surface area (Å²) in [7, 11) is 0. The highest BCUT2D eigenvalue weighted by Crippen LogP contribution is 2.07.